The fraction of sp³-hybridized carbons (Fsp3) is 0.192. The summed E-state index contributed by atoms with van der Waals surface area (Å²) in [6.07, 6.45) is -2.77. The van der Waals surface area contributed by atoms with Crippen LogP contribution in [0.3, 0.4) is 0 Å². The van der Waals surface area contributed by atoms with Crippen molar-refractivity contribution in [3.05, 3.63) is 89.5 Å². The molecule has 2 N–H and O–H groups in total. The molecule has 2 heterocycles. The summed E-state index contributed by atoms with van der Waals surface area (Å²) in [5.41, 5.74) is -1.07. The number of carbonyl (C=O) groups is 1. The number of hydrogen-bond acceptors (Lipinski definition) is 3. The van der Waals surface area contributed by atoms with Crippen molar-refractivity contribution < 1.29 is 22.4 Å². The third-order valence-electron chi connectivity index (χ3n) is 6.11. The molecule has 0 bridgehead atoms. The zero-order chi connectivity index (χ0) is 25.4. The molecule has 1 aliphatic heterocycles. The summed E-state index contributed by atoms with van der Waals surface area (Å²) < 4.78 is 56.0. The van der Waals surface area contributed by atoms with Crippen LogP contribution in [0, 0.1) is 11.2 Å². The van der Waals surface area contributed by atoms with E-state index in [-0.39, 0.29) is 5.69 Å². The van der Waals surface area contributed by atoms with Gasteiger partial charge in [0.05, 0.1) is 0 Å². The normalized spacial score (nSPS) is 13.8. The van der Waals surface area contributed by atoms with Crippen molar-refractivity contribution in [1.82, 2.24) is 14.7 Å². The number of likely N-dealkylation sites (tertiary alicyclic amines) is 1. The van der Waals surface area contributed by atoms with Gasteiger partial charge in [0.25, 0.3) is 5.91 Å². The van der Waals surface area contributed by atoms with Crippen LogP contribution in [0.4, 0.5) is 23.2 Å². The summed E-state index contributed by atoms with van der Waals surface area (Å²) in [5, 5.41) is 15.5. The van der Waals surface area contributed by atoms with Crippen molar-refractivity contribution in [1.29, 1.82) is 5.41 Å². The Morgan fingerprint density at radius 2 is 1.58 bits per heavy atom. The van der Waals surface area contributed by atoms with Gasteiger partial charge in [-0.2, -0.15) is 18.3 Å². The van der Waals surface area contributed by atoms with Crippen LogP contribution in [0.2, 0.25) is 0 Å². The minimum atomic E-state index is -4.83. The van der Waals surface area contributed by atoms with E-state index in [1.165, 1.54) is 12.1 Å². The molecule has 0 aliphatic carbocycles. The Morgan fingerprint density at radius 3 is 2.22 bits per heavy atom. The van der Waals surface area contributed by atoms with E-state index in [1.54, 1.807) is 48.5 Å². The average Bonchev–Trinajstić information content (AvgIpc) is 3.54. The van der Waals surface area contributed by atoms with Crippen molar-refractivity contribution in [3.63, 3.8) is 0 Å². The molecule has 184 valence electrons. The van der Waals surface area contributed by atoms with E-state index in [4.69, 9.17) is 5.41 Å². The first-order valence-corrected chi connectivity index (χ1v) is 11.3. The summed E-state index contributed by atoms with van der Waals surface area (Å²) in [5.74, 6) is -1.32. The number of amidine groups is 1. The monoisotopic (exact) mass is 495 g/mol. The quantitative estimate of drug-likeness (QED) is 0.212. The van der Waals surface area contributed by atoms with E-state index in [1.807, 2.05) is 4.90 Å². The molecule has 0 radical (unpaired) electrons. The molecular weight excluding hydrogens is 474 g/mol. The molecule has 3 aromatic carbocycles. The van der Waals surface area contributed by atoms with Gasteiger partial charge in [-0.15, -0.1) is 0 Å². The number of halogens is 4. The van der Waals surface area contributed by atoms with Gasteiger partial charge in [-0.05, 0) is 60.0 Å². The van der Waals surface area contributed by atoms with Crippen LogP contribution < -0.4 is 5.32 Å². The molecular formula is C26H21F4N5O. The minimum Gasteiger partial charge on any atom is -0.357 e. The van der Waals surface area contributed by atoms with E-state index in [0.29, 0.717) is 38.6 Å². The molecule has 0 spiro atoms. The van der Waals surface area contributed by atoms with E-state index in [9.17, 15) is 22.4 Å². The standard InChI is InChI=1S/C26H21F4N5O/c27-20-13-17-5-1-2-6-18(17)14-21(20)35-22(15-23(33-35)26(28,29)30)25(36)32-19-9-7-16(8-10-19)24(31)34-11-3-4-12-34/h1-2,5-10,13-15,31H,3-4,11-12H2,(H,32,36). The molecule has 1 aliphatic rings. The highest BCUT2D eigenvalue weighted by Crippen LogP contribution is 2.31. The number of anilines is 1. The van der Waals surface area contributed by atoms with Gasteiger partial charge >= 0.3 is 6.18 Å². The average molecular weight is 495 g/mol. The SMILES string of the molecule is N=C(c1ccc(NC(=O)c2cc(C(F)(F)F)nn2-c2cc3ccccc3cc2F)cc1)N1CCCC1. The van der Waals surface area contributed by atoms with Crippen molar-refractivity contribution in [3.8, 4) is 5.69 Å². The largest absolute Gasteiger partial charge is 0.435 e. The molecule has 36 heavy (non-hydrogen) atoms. The Hall–Kier alpha value is -4.21. The lowest BCUT2D eigenvalue weighted by atomic mass is 10.1. The molecule has 5 rings (SSSR count). The zero-order valence-corrected chi connectivity index (χ0v) is 18.9. The highest BCUT2D eigenvalue weighted by molar-refractivity contribution is 6.04. The fourth-order valence-corrected chi connectivity index (χ4v) is 4.26. The Kier molecular flexibility index (Phi) is 5.95. The van der Waals surface area contributed by atoms with Gasteiger partial charge in [0.1, 0.15) is 23.0 Å². The van der Waals surface area contributed by atoms with Gasteiger partial charge in [-0.25, -0.2) is 9.07 Å². The van der Waals surface area contributed by atoms with Gasteiger partial charge in [-0.3, -0.25) is 10.2 Å². The highest BCUT2D eigenvalue weighted by Gasteiger charge is 2.36. The lowest BCUT2D eigenvalue weighted by Crippen LogP contribution is -2.27. The molecule has 6 nitrogen and oxygen atoms in total. The van der Waals surface area contributed by atoms with Crippen LogP contribution >= 0.6 is 0 Å². The fourth-order valence-electron chi connectivity index (χ4n) is 4.26. The second kappa shape index (κ2) is 9.10. The van der Waals surface area contributed by atoms with Gasteiger partial charge in [0.15, 0.2) is 5.69 Å². The Labute approximate surface area is 203 Å². The summed E-state index contributed by atoms with van der Waals surface area (Å²) in [7, 11) is 0. The minimum absolute atomic E-state index is 0.274. The first-order chi connectivity index (χ1) is 17.2. The smallest absolute Gasteiger partial charge is 0.357 e. The maximum absolute atomic E-state index is 14.9. The number of nitrogens with one attached hydrogen (secondary N) is 2. The molecule has 1 saturated heterocycles. The molecule has 0 unspecified atom stereocenters. The van der Waals surface area contributed by atoms with Crippen molar-refractivity contribution in [2.45, 2.75) is 19.0 Å². The van der Waals surface area contributed by atoms with Crippen molar-refractivity contribution in [2.24, 2.45) is 0 Å². The van der Waals surface area contributed by atoms with Crippen LogP contribution in [0.15, 0.2) is 66.7 Å². The van der Waals surface area contributed by atoms with Gasteiger partial charge in [-0.1, -0.05) is 24.3 Å². The number of benzene rings is 3. The number of alkyl halides is 3. The predicted octanol–water partition coefficient (Wildman–Crippen LogP) is 5.86. The number of carbonyl (C=O) groups excluding carboxylic acids is 1. The first-order valence-electron chi connectivity index (χ1n) is 11.3. The third kappa shape index (κ3) is 4.53. The van der Waals surface area contributed by atoms with Gasteiger partial charge in [0, 0.05) is 30.4 Å². The Balaban J connectivity index is 1.47. The summed E-state index contributed by atoms with van der Waals surface area (Å²) in [6.45, 7) is 1.63. The predicted molar refractivity (Wildman–Crippen MR) is 128 cm³/mol. The van der Waals surface area contributed by atoms with Crippen LogP contribution in [0.1, 0.15) is 34.6 Å². The molecule has 0 atom stereocenters. The second-order valence-corrected chi connectivity index (χ2v) is 8.55. The molecule has 4 aromatic rings. The number of hydrogen-bond donors (Lipinski definition) is 2. The zero-order valence-electron chi connectivity index (χ0n) is 18.9. The molecule has 10 heteroatoms. The topological polar surface area (TPSA) is 74.0 Å². The van der Waals surface area contributed by atoms with E-state index in [0.717, 1.165) is 25.9 Å². The summed E-state index contributed by atoms with van der Waals surface area (Å²) in [6, 6.07) is 16.4. The molecule has 1 amide bonds. The van der Waals surface area contributed by atoms with Crippen LogP contribution in [0.25, 0.3) is 16.5 Å². The number of rotatable bonds is 4. The second-order valence-electron chi connectivity index (χ2n) is 8.55. The van der Waals surface area contributed by atoms with E-state index < -0.39 is 29.3 Å². The number of fused-ring (bicyclic) bond motifs is 1. The Bertz CT molecular complexity index is 1450. The van der Waals surface area contributed by atoms with Crippen LogP contribution in [0.5, 0.6) is 0 Å². The first kappa shape index (κ1) is 23.5. The maximum atomic E-state index is 14.9. The van der Waals surface area contributed by atoms with Crippen molar-refractivity contribution >= 4 is 28.2 Å². The lowest BCUT2D eigenvalue weighted by Gasteiger charge is -2.18. The van der Waals surface area contributed by atoms with Crippen molar-refractivity contribution in [2.75, 3.05) is 18.4 Å². The summed E-state index contributed by atoms with van der Waals surface area (Å²) in [4.78, 5) is 15.0. The van der Waals surface area contributed by atoms with Crippen LogP contribution in [-0.4, -0.2) is 39.5 Å². The van der Waals surface area contributed by atoms with Gasteiger partial charge in [0.2, 0.25) is 0 Å². The number of aromatic nitrogens is 2. The highest BCUT2D eigenvalue weighted by atomic mass is 19.4. The molecule has 1 fully saturated rings. The summed E-state index contributed by atoms with van der Waals surface area (Å²) >= 11 is 0. The maximum Gasteiger partial charge on any atom is 0.435 e. The third-order valence-corrected chi connectivity index (χ3v) is 6.11. The number of nitrogens with zero attached hydrogens (tertiary/aromatic N) is 3. The molecule has 1 aromatic heterocycles. The number of amides is 1. The Morgan fingerprint density at radius 1 is 0.944 bits per heavy atom. The molecule has 0 saturated carbocycles. The van der Waals surface area contributed by atoms with Gasteiger partial charge < -0.3 is 10.2 Å². The lowest BCUT2D eigenvalue weighted by molar-refractivity contribution is -0.141. The van der Waals surface area contributed by atoms with Crippen LogP contribution in [-0.2, 0) is 6.18 Å². The van der Waals surface area contributed by atoms with E-state index in [2.05, 4.69) is 10.4 Å². The van der Waals surface area contributed by atoms with E-state index >= 15 is 0 Å².